The summed E-state index contributed by atoms with van der Waals surface area (Å²) in [5, 5.41) is 1.58. The zero-order chi connectivity index (χ0) is 22.1. The molecule has 0 radical (unpaired) electrons. The zero-order valence-corrected chi connectivity index (χ0v) is 20.0. The van der Waals surface area contributed by atoms with Crippen LogP contribution in [0.25, 0.3) is 15.9 Å². The van der Waals surface area contributed by atoms with Gasteiger partial charge in [0.15, 0.2) is 5.16 Å². The molecule has 2 aromatic carbocycles. The van der Waals surface area contributed by atoms with Crippen LogP contribution in [0.1, 0.15) is 35.8 Å². The fourth-order valence-corrected chi connectivity index (χ4v) is 6.74. The first-order chi connectivity index (χ1) is 15.7. The number of para-hydroxylation sites is 1. The maximum atomic E-state index is 13.8. The van der Waals surface area contributed by atoms with E-state index in [-0.39, 0.29) is 5.56 Å². The number of fused-ring (bicyclic) bond motifs is 3. The lowest BCUT2D eigenvalue weighted by molar-refractivity contribution is 0.414. The van der Waals surface area contributed by atoms with E-state index in [0.717, 1.165) is 57.7 Å². The summed E-state index contributed by atoms with van der Waals surface area (Å²) in [7, 11) is 1.67. The van der Waals surface area contributed by atoms with Gasteiger partial charge in [-0.05, 0) is 60.6 Å². The average molecular weight is 463 g/mol. The Hall–Kier alpha value is -2.57. The number of nitrogens with zero attached hydrogens (tertiary/aromatic N) is 2. The Labute approximate surface area is 196 Å². The molecule has 6 heteroatoms. The van der Waals surface area contributed by atoms with Gasteiger partial charge >= 0.3 is 0 Å². The lowest BCUT2D eigenvalue weighted by Gasteiger charge is -2.20. The maximum absolute atomic E-state index is 13.8. The largest absolute Gasteiger partial charge is 0.497 e. The summed E-state index contributed by atoms with van der Waals surface area (Å²) in [4.78, 5) is 21.1. The third-order valence-corrected chi connectivity index (χ3v) is 8.43. The van der Waals surface area contributed by atoms with Crippen LogP contribution < -0.4 is 10.3 Å². The number of rotatable bonds is 6. The number of ether oxygens (including phenoxy) is 1. The van der Waals surface area contributed by atoms with E-state index in [4.69, 9.17) is 9.72 Å². The second kappa shape index (κ2) is 9.12. The number of hydrogen-bond acceptors (Lipinski definition) is 5. The second-order valence-corrected chi connectivity index (χ2v) is 10.2. The lowest BCUT2D eigenvalue weighted by atomic mass is 9.86. The summed E-state index contributed by atoms with van der Waals surface area (Å²) in [6.07, 6.45) is 4.41. The number of thiophene rings is 1. The van der Waals surface area contributed by atoms with Crippen molar-refractivity contribution in [3.05, 3.63) is 81.0 Å². The third-order valence-electron chi connectivity index (χ3n) is 6.27. The summed E-state index contributed by atoms with van der Waals surface area (Å²) < 4.78 is 7.07. The van der Waals surface area contributed by atoms with E-state index < -0.39 is 0 Å². The van der Waals surface area contributed by atoms with E-state index in [0.29, 0.717) is 0 Å². The highest BCUT2D eigenvalue weighted by molar-refractivity contribution is 7.98. The molecule has 0 bridgehead atoms. The Morgan fingerprint density at radius 2 is 1.94 bits per heavy atom. The number of benzene rings is 2. The maximum Gasteiger partial charge on any atom is 0.267 e. The first-order valence-corrected chi connectivity index (χ1v) is 12.9. The Morgan fingerprint density at radius 1 is 1.16 bits per heavy atom. The number of thioether (sulfide) groups is 1. The van der Waals surface area contributed by atoms with Gasteiger partial charge in [-0.15, -0.1) is 11.3 Å². The molecule has 0 aliphatic heterocycles. The molecule has 0 saturated heterocycles. The molecule has 2 heterocycles. The molecule has 4 aromatic rings. The van der Waals surface area contributed by atoms with Crippen LogP contribution in [0, 0.1) is 5.92 Å². The number of methoxy groups -OCH3 is 1. The zero-order valence-electron chi connectivity index (χ0n) is 18.3. The van der Waals surface area contributed by atoms with Crippen molar-refractivity contribution in [2.75, 3.05) is 7.11 Å². The first-order valence-electron chi connectivity index (χ1n) is 11.1. The normalized spacial score (nSPS) is 15.6. The van der Waals surface area contributed by atoms with E-state index >= 15 is 0 Å². The van der Waals surface area contributed by atoms with Crippen molar-refractivity contribution in [3.8, 4) is 11.4 Å². The molecule has 0 amide bonds. The summed E-state index contributed by atoms with van der Waals surface area (Å²) >= 11 is 3.33. The van der Waals surface area contributed by atoms with Crippen LogP contribution in [0.15, 0.2) is 64.5 Å². The molecule has 1 aliphatic carbocycles. The summed E-state index contributed by atoms with van der Waals surface area (Å²) in [5.41, 5.74) is 3.34. The summed E-state index contributed by atoms with van der Waals surface area (Å²) in [6, 6.07) is 17.9. The molecular weight excluding hydrogens is 436 g/mol. The van der Waals surface area contributed by atoms with Crippen LogP contribution in [-0.4, -0.2) is 16.7 Å². The molecule has 0 saturated carbocycles. The van der Waals surface area contributed by atoms with Gasteiger partial charge in [-0.25, -0.2) is 4.98 Å². The van der Waals surface area contributed by atoms with Gasteiger partial charge in [0.1, 0.15) is 10.6 Å². The van der Waals surface area contributed by atoms with Gasteiger partial charge in [-0.3, -0.25) is 9.36 Å². The predicted molar refractivity (Wildman–Crippen MR) is 134 cm³/mol. The standard InChI is InChI=1S/C26H26N2O2S2/c1-3-17-11-14-21-22(15-17)32-24-23(21)25(29)28(19-7-5-4-6-8-19)26(27-24)31-16-18-9-12-20(30-2)13-10-18/h4-10,12-13,17H,3,11,14-16H2,1-2H3. The second-order valence-electron chi connectivity index (χ2n) is 8.21. The Bertz CT molecular complexity index is 1290. The van der Waals surface area contributed by atoms with Crippen molar-refractivity contribution in [1.82, 2.24) is 9.55 Å². The molecule has 1 unspecified atom stereocenters. The van der Waals surface area contributed by atoms with Crippen LogP contribution in [0.2, 0.25) is 0 Å². The lowest BCUT2D eigenvalue weighted by Crippen LogP contribution is -2.22. The molecule has 32 heavy (non-hydrogen) atoms. The van der Waals surface area contributed by atoms with Crippen molar-refractivity contribution in [1.29, 1.82) is 0 Å². The van der Waals surface area contributed by atoms with E-state index in [1.54, 1.807) is 34.8 Å². The minimum Gasteiger partial charge on any atom is -0.497 e. The molecule has 0 spiro atoms. The Kier molecular flexibility index (Phi) is 6.07. The smallest absolute Gasteiger partial charge is 0.267 e. The Balaban J connectivity index is 1.59. The molecule has 2 aromatic heterocycles. The topological polar surface area (TPSA) is 44.1 Å². The van der Waals surface area contributed by atoms with Crippen LogP contribution >= 0.6 is 23.1 Å². The van der Waals surface area contributed by atoms with E-state index in [1.165, 1.54) is 22.4 Å². The highest BCUT2D eigenvalue weighted by Gasteiger charge is 2.26. The number of hydrogen-bond donors (Lipinski definition) is 0. The van der Waals surface area contributed by atoms with Gasteiger partial charge in [0.05, 0.1) is 18.2 Å². The SMILES string of the molecule is CCC1CCc2c(sc3nc(SCc4ccc(OC)cc4)n(-c4ccccc4)c(=O)c23)C1. The van der Waals surface area contributed by atoms with Crippen LogP contribution in [0.4, 0.5) is 0 Å². The molecule has 4 nitrogen and oxygen atoms in total. The van der Waals surface area contributed by atoms with Gasteiger partial charge in [-0.1, -0.05) is 55.4 Å². The average Bonchev–Trinajstić information content (AvgIpc) is 3.21. The molecule has 164 valence electrons. The molecule has 5 rings (SSSR count). The highest BCUT2D eigenvalue weighted by atomic mass is 32.2. The van der Waals surface area contributed by atoms with E-state index in [1.807, 2.05) is 42.5 Å². The van der Waals surface area contributed by atoms with Crippen molar-refractivity contribution in [2.24, 2.45) is 5.92 Å². The van der Waals surface area contributed by atoms with Crippen LogP contribution in [0.3, 0.4) is 0 Å². The summed E-state index contributed by atoms with van der Waals surface area (Å²) in [5.74, 6) is 2.29. The third kappa shape index (κ3) is 3.97. The van der Waals surface area contributed by atoms with Gasteiger partial charge in [0.25, 0.3) is 5.56 Å². The van der Waals surface area contributed by atoms with Gasteiger partial charge in [0, 0.05) is 10.6 Å². The fourth-order valence-electron chi connectivity index (χ4n) is 4.39. The van der Waals surface area contributed by atoms with Crippen molar-refractivity contribution in [3.63, 3.8) is 0 Å². The molecule has 1 atom stereocenters. The van der Waals surface area contributed by atoms with Gasteiger partial charge in [0.2, 0.25) is 0 Å². The minimum atomic E-state index is 0.0610. The first kappa shape index (κ1) is 21.3. The van der Waals surface area contributed by atoms with Crippen LogP contribution in [0.5, 0.6) is 5.75 Å². The highest BCUT2D eigenvalue weighted by Crippen LogP contribution is 2.38. The van der Waals surface area contributed by atoms with Crippen LogP contribution in [-0.2, 0) is 18.6 Å². The van der Waals surface area contributed by atoms with Gasteiger partial charge in [-0.2, -0.15) is 0 Å². The Morgan fingerprint density at radius 3 is 2.66 bits per heavy atom. The van der Waals surface area contributed by atoms with Gasteiger partial charge < -0.3 is 4.74 Å². The monoisotopic (exact) mass is 462 g/mol. The molecular formula is C26H26N2O2S2. The molecule has 0 N–H and O–H groups in total. The van der Waals surface area contributed by atoms with Crippen molar-refractivity contribution in [2.45, 2.75) is 43.5 Å². The quantitative estimate of drug-likeness (QED) is 0.250. The van der Waals surface area contributed by atoms with Crippen molar-refractivity contribution >= 4 is 33.3 Å². The molecule has 0 fully saturated rings. The molecule has 1 aliphatic rings. The van der Waals surface area contributed by atoms with E-state index in [9.17, 15) is 4.79 Å². The fraction of sp³-hybridized carbons (Fsp3) is 0.308. The number of aromatic nitrogens is 2. The minimum absolute atomic E-state index is 0.0610. The number of aryl methyl sites for hydroxylation is 1. The van der Waals surface area contributed by atoms with Crippen molar-refractivity contribution < 1.29 is 4.74 Å². The van der Waals surface area contributed by atoms with E-state index in [2.05, 4.69) is 19.1 Å². The predicted octanol–water partition coefficient (Wildman–Crippen LogP) is 6.26. The summed E-state index contributed by atoms with van der Waals surface area (Å²) in [6.45, 7) is 2.26.